The van der Waals surface area contributed by atoms with Crippen LogP contribution in [0.2, 0.25) is 5.02 Å². The number of rotatable bonds is 6. The first kappa shape index (κ1) is 24.7. The van der Waals surface area contributed by atoms with E-state index in [0.29, 0.717) is 43.3 Å². The molecule has 1 saturated heterocycles. The third-order valence-electron chi connectivity index (χ3n) is 5.62. The van der Waals surface area contributed by atoms with E-state index in [9.17, 15) is 17.2 Å². The maximum absolute atomic E-state index is 14.2. The molecule has 0 amide bonds. The molecule has 3 heterocycles. The van der Waals surface area contributed by atoms with Gasteiger partial charge in [0.15, 0.2) is 15.0 Å². The van der Waals surface area contributed by atoms with Gasteiger partial charge in [-0.25, -0.2) is 32.2 Å². The van der Waals surface area contributed by atoms with Gasteiger partial charge in [-0.3, -0.25) is 0 Å². The van der Waals surface area contributed by atoms with Gasteiger partial charge in [0.1, 0.15) is 22.9 Å². The van der Waals surface area contributed by atoms with E-state index >= 15 is 0 Å². The first-order valence-electron chi connectivity index (χ1n) is 10.9. The third-order valence-corrected chi connectivity index (χ3v) is 8.91. The van der Waals surface area contributed by atoms with E-state index < -0.39 is 32.1 Å². The number of thiazole rings is 1. The minimum atomic E-state index is -4.37. The summed E-state index contributed by atoms with van der Waals surface area (Å²) in [7, 11) is -4.37. The van der Waals surface area contributed by atoms with Crippen LogP contribution in [0.15, 0.2) is 59.9 Å². The minimum Gasteiger partial charge on any atom is -0.378 e. The predicted octanol–water partition coefficient (Wildman–Crippen LogP) is 5.01. The van der Waals surface area contributed by atoms with Gasteiger partial charge >= 0.3 is 0 Å². The second kappa shape index (κ2) is 10.2. The molecule has 7 nitrogen and oxygen atoms in total. The Hall–Kier alpha value is -2.99. The van der Waals surface area contributed by atoms with E-state index in [0.717, 1.165) is 28.2 Å². The Labute approximate surface area is 215 Å². The smallest absolute Gasteiger partial charge is 0.188 e. The van der Waals surface area contributed by atoms with Crippen LogP contribution in [0.3, 0.4) is 0 Å². The van der Waals surface area contributed by atoms with Crippen molar-refractivity contribution in [3.8, 4) is 21.8 Å². The third kappa shape index (κ3) is 4.83. The van der Waals surface area contributed by atoms with Crippen LogP contribution in [0.1, 0.15) is 5.56 Å². The fraction of sp³-hybridized carbons (Fsp3) is 0.208. The van der Waals surface area contributed by atoms with Crippen LogP contribution in [0.25, 0.3) is 21.8 Å². The van der Waals surface area contributed by atoms with E-state index in [1.165, 1.54) is 23.7 Å². The minimum absolute atomic E-state index is 0.131. The number of nitrogens with zero attached hydrogens (tertiary/aromatic N) is 4. The van der Waals surface area contributed by atoms with Gasteiger partial charge in [-0.2, -0.15) is 0 Å². The number of anilines is 1. The summed E-state index contributed by atoms with van der Waals surface area (Å²) < 4.78 is 59.8. The summed E-state index contributed by atoms with van der Waals surface area (Å²) in [4.78, 5) is 15.0. The van der Waals surface area contributed by atoms with Crippen molar-refractivity contribution < 1.29 is 21.9 Å². The summed E-state index contributed by atoms with van der Waals surface area (Å²) in [5, 5.41) is 0.886. The lowest BCUT2D eigenvalue weighted by molar-refractivity contribution is 0.122. The van der Waals surface area contributed by atoms with Crippen molar-refractivity contribution in [3.63, 3.8) is 0 Å². The lowest BCUT2D eigenvalue weighted by Gasteiger charge is -2.26. The molecule has 1 aliphatic heterocycles. The van der Waals surface area contributed by atoms with Crippen molar-refractivity contribution >= 4 is 37.9 Å². The molecule has 1 aliphatic rings. The number of hydrogen-bond donors (Lipinski definition) is 0. The second-order valence-electron chi connectivity index (χ2n) is 7.96. The van der Waals surface area contributed by atoms with Gasteiger partial charge in [-0.05, 0) is 23.8 Å². The fourth-order valence-electron chi connectivity index (χ4n) is 3.91. The second-order valence-corrected chi connectivity index (χ2v) is 11.2. The van der Waals surface area contributed by atoms with E-state index in [4.69, 9.17) is 21.3 Å². The normalized spacial score (nSPS) is 14.2. The van der Waals surface area contributed by atoms with Crippen molar-refractivity contribution in [2.75, 3.05) is 31.2 Å². The van der Waals surface area contributed by atoms with Crippen molar-refractivity contribution in [1.82, 2.24) is 15.0 Å². The number of halogens is 3. The SMILES string of the molecule is O=S(=O)(Cc1cccc(-c2nc(N3CCOCC3)sc2-c2ccncn2)c1Cl)c1c(F)cccc1F. The summed E-state index contributed by atoms with van der Waals surface area (Å²) in [6.45, 7) is 2.52. The average Bonchev–Trinajstić information content (AvgIpc) is 3.31. The Morgan fingerprint density at radius 3 is 2.47 bits per heavy atom. The molecule has 12 heteroatoms. The molecule has 186 valence electrons. The van der Waals surface area contributed by atoms with E-state index in [2.05, 4.69) is 14.9 Å². The summed E-state index contributed by atoms with van der Waals surface area (Å²) in [5.41, 5.74) is 1.86. The maximum atomic E-state index is 14.2. The summed E-state index contributed by atoms with van der Waals surface area (Å²) in [5.74, 6) is -2.98. The highest BCUT2D eigenvalue weighted by Crippen LogP contribution is 2.43. The Morgan fingerprint density at radius 1 is 1.06 bits per heavy atom. The fourth-order valence-corrected chi connectivity index (χ4v) is 6.91. The molecular weight excluding hydrogens is 530 g/mol. The van der Waals surface area contributed by atoms with E-state index in [1.54, 1.807) is 24.4 Å². The highest BCUT2D eigenvalue weighted by Gasteiger charge is 2.27. The Kier molecular flexibility index (Phi) is 6.98. The van der Waals surface area contributed by atoms with Crippen molar-refractivity contribution in [2.24, 2.45) is 0 Å². The number of aromatic nitrogens is 3. The summed E-state index contributed by atoms with van der Waals surface area (Å²) in [6.07, 6.45) is 3.05. The molecule has 0 aliphatic carbocycles. The van der Waals surface area contributed by atoms with Crippen LogP contribution in [-0.2, 0) is 20.3 Å². The topological polar surface area (TPSA) is 85.3 Å². The lowest BCUT2D eigenvalue weighted by atomic mass is 10.1. The quantitative estimate of drug-likeness (QED) is 0.335. The molecule has 5 rings (SSSR count). The molecule has 0 radical (unpaired) electrons. The van der Waals surface area contributed by atoms with Gasteiger partial charge in [-0.1, -0.05) is 47.2 Å². The van der Waals surface area contributed by atoms with Gasteiger partial charge in [0.25, 0.3) is 0 Å². The molecule has 0 bridgehead atoms. The van der Waals surface area contributed by atoms with Crippen LogP contribution in [0.4, 0.5) is 13.9 Å². The standard InChI is InChI=1S/C24H19ClF2N4O3S2/c25-20-15(13-36(32,33)23-17(26)5-2-6-18(23)27)3-1-4-16(20)21-22(19-7-8-28-14-29-19)35-24(30-21)31-9-11-34-12-10-31/h1-8,14H,9-13H2. The van der Waals surface area contributed by atoms with Crippen LogP contribution in [0, 0.1) is 11.6 Å². The number of benzene rings is 2. The molecule has 0 atom stereocenters. The van der Waals surface area contributed by atoms with Crippen molar-refractivity contribution in [3.05, 3.63) is 77.2 Å². The Morgan fingerprint density at radius 2 is 1.78 bits per heavy atom. The van der Waals surface area contributed by atoms with Crippen LogP contribution < -0.4 is 4.90 Å². The highest BCUT2D eigenvalue weighted by molar-refractivity contribution is 7.90. The highest BCUT2D eigenvalue weighted by atomic mass is 35.5. The molecule has 4 aromatic rings. The zero-order chi connectivity index (χ0) is 25.3. The zero-order valence-corrected chi connectivity index (χ0v) is 21.1. The van der Waals surface area contributed by atoms with Crippen molar-refractivity contribution in [1.29, 1.82) is 0 Å². The van der Waals surface area contributed by atoms with E-state index in [1.807, 2.05) is 0 Å². The molecule has 0 saturated carbocycles. The number of hydrogen-bond acceptors (Lipinski definition) is 8. The number of sulfone groups is 1. The predicted molar refractivity (Wildman–Crippen MR) is 134 cm³/mol. The van der Waals surface area contributed by atoms with Gasteiger partial charge in [-0.15, -0.1) is 0 Å². The Bertz CT molecular complexity index is 1490. The molecule has 0 spiro atoms. The molecule has 0 N–H and O–H groups in total. The first-order valence-corrected chi connectivity index (χ1v) is 13.7. The van der Waals surface area contributed by atoms with Gasteiger partial charge in [0, 0.05) is 24.8 Å². The molecule has 0 unspecified atom stereocenters. The lowest BCUT2D eigenvalue weighted by Crippen LogP contribution is -2.36. The summed E-state index contributed by atoms with van der Waals surface area (Å²) >= 11 is 8.15. The first-order chi connectivity index (χ1) is 17.3. The molecular formula is C24H19ClF2N4O3S2. The molecule has 36 heavy (non-hydrogen) atoms. The number of morpholine rings is 1. The van der Waals surface area contributed by atoms with Crippen molar-refractivity contribution in [2.45, 2.75) is 10.6 Å². The van der Waals surface area contributed by atoms with Gasteiger partial charge in [0.05, 0.1) is 40.3 Å². The maximum Gasteiger partial charge on any atom is 0.188 e. The average molecular weight is 549 g/mol. The Balaban J connectivity index is 1.59. The largest absolute Gasteiger partial charge is 0.378 e. The van der Waals surface area contributed by atoms with Crippen LogP contribution in [0.5, 0.6) is 0 Å². The molecule has 1 fully saturated rings. The molecule has 2 aromatic heterocycles. The van der Waals surface area contributed by atoms with Crippen LogP contribution in [-0.4, -0.2) is 49.7 Å². The van der Waals surface area contributed by atoms with Gasteiger partial charge < -0.3 is 9.64 Å². The monoisotopic (exact) mass is 548 g/mol. The van der Waals surface area contributed by atoms with E-state index in [-0.39, 0.29) is 10.6 Å². The van der Waals surface area contributed by atoms with Crippen LogP contribution >= 0.6 is 22.9 Å². The molecule has 2 aromatic carbocycles. The zero-order valence-electron chi connectivity index (χ0n) is 18.7. The van der Waals surface area contributed by atoms with Gasteiger partial charge in [0.2, 0.25) is 0 Å². The summed E-state index contributed by atoms with van der Waals surface area (Å²) in [6, 6.07) is 9.56. The number of ether oxygens (including phenoxy) is 1.